The standard InChI is InChI=1S/C19H17N5O3S2/c1-26-12-5-6-13(14(9-12)27-2)17-22-19(24-23-17)21-16(25)8-11-10-29-18(20-11)15-4-3-7-28-15/h3-7,9-10H,8H2,1-2H3,(H2,21,22,23,24,25). The molecule has 0 unspecified atom stereocenters. The third-order valence-corrected chi connectivity index (χ3v) is 5.96. The smallest absolute Gasteiger partial charge is 0.249 e. The van der Waals surface area contributed by atoms with Gasteiger partial charge in [-0.05, 0) is 23.6 Å². The third kappa shape index (κ3) is 4.28. The molecule has 1 amide bonds. The van der Waals surface area contributed by atoms with E-state index in [1.165, 1.54) is 11.3 Å². The number of hydrogen-bond donors (Lipinski definition) is 2. The Morgan fingerprint density at radius 2 is 2.07 bits per heavy atom. The maximum atomic E-state index is 12.4. The fraction of sp³-hybridized carbons (Fsp3) is 0.158. The number of H-pyrrole nitrogens is 1. The SMILES string of the molecule is COc1ccc(-c2nc(NC(=O)Cc3csc(-c4cccs4)n3)n[nH]2)c(OC)c1. The molecule has 29 heavy (non-hydrogen) atoms. The number of carbonyl (C=O) groups is 1. The Morgan fingerprint density at radius 3 is 2.83 bits per heavy atom. The van der Waals surface area contributed by atoms with Gasteiger partial charge < -0.3 is 9.47 Å². The van der Waals surface area contributed by atoms with Gasteiger partial charge in [-0.15, -0.1) is 27.8 Å². The van der Waals surface area contributed by atoms with Gasteiger partial charge in [0.2, 0.25) is 11.9 Å². The molecule has 2 N–H and O–H groups in total. The van der Waals surface area contributed by atoms with E-state index < -0.39 is 0 Å². The van der Waals surface area contributed by atoms with Crippen LogP contribution >= 0.6 is 22.7 Å². The Morgan fingerprint density at radius 1 is 1.17 bits per heavy atom. The summed E-state index contributed by atoms with van der Waals surface area (Å²) >= 11 is 3.14. The summed E-state index contributed by atoms with van der Waals surface area (Å²) in [6, 6.07) is 9.35. The lowest BCUT2D eigenvalue weighted by Gasteiger charge is -2.07. The quantitative estimate of drug-likeness (QED) is 0.464. The lowest BCUT2D eigenvalue weighted by atomic mass is 10.2. The molecular weight excluding hydrogens is 410 g/mol. The van der Waals surface area contributed by atoms with E-state index in [0.717, 1.165) is 9.88 Å². The molecule has 4 rings (SSSR count). The summed E-state index contributed by atoms with van der Waals surface area (Å²) in [5, 5.41) is 14.4. The highest BCUT2D eigenvalue weighted by Crippen LogP contribution is 2.31. The summed E-state index contributed by atoms with van der Waals surface area (Å²) in [4.78, 5) is 22.3. The number of thiazole rings is 1. The molecule has 0 saturated carbocycles. The van der Waals surface area contributed by atoms with Crippen molar-refractivity contribution in [1.29, 1.82) is 0 Å². The number of hydrogen-bond acceptors (Lipinski definition) is 8. The zero-order valence-corrected chi connectivity index (χ0v) is 17.3. The van der Waals surface area contributed by atoms with Crippen LogP contribution in [0.2, 0.25) is 0 Å². The van der Waals surface area contributed by atoms with Gasteiger partial charge >= 0.3 is 0 Å². The van der Waals surface area contributed by atoms with Crippen molar-refractivity contribution in [2.45, 2.75) is 6.42 Å². The van der Waals surface area contributed by atoms with E-state index >= 15 is 0 Å². The number of benzene rings is 1. The molecule has 0 aliphatic rings. The van der Waals surface area contributed by atoms with Gasteiger partial charge in [0.05, 0.1) is 36.8 Å². The van der Waals surface area contributed by atoms with Crippen molar-refractivity contribution in [3.8, 4) is 32.8 Å². The van der Waals surface area contributed by atoms with E-state index in [2.05, 4.69) is 25.5 Å². The molecule has 3 heterocycles. The maximum absolute atomic E-state index is 12.4. The van der Waals surface area contributed by atoms with Crippen molar-refractivity contribution in [3.05, 3.63) is 46.8 Å². The average molecular weight is 428 g/mol. The van der Waals surface area contributed by atoms with Gasteiger partial charge in [-0.2, -0.15) is 4.98 Å². The molecule has 0 aliphatic carbocycles. The van der Waals surface area contributed by atoms with E-state index in [0.29, 0.717) is 28.6 Å². The number of amides is 1. The second-order valence-electron chi connectivity index (χ2n) is 5.92. The fourth-order valence-corrected chi connectivity index (χ4v) is 4.30. The Kier molecular flexibility index (Phi) is 5.54. The minimum atomic E-state index is -0.236. The monoisotopic (exact) mass is 427 g/mol. The van der Waals surface area contributed by atoms with Crippen LogP contribution in [0.25, 0.3) is 21.3 Å². The van der Waals surface area contributed by atoms with E-state index in [-0.39, 0.29) is 18.3 Å². The van der Waals surface area contributed by atoms with Crippen molar-refractivity contribution in [1.82, 2.24) is 20.2 Å². The first-order valence-electron chi connectivity index (χ1n) is 8.59. The molecule has 10 heteroatoms. The highest BCUT2D eigenvalue weighted by molar-refractivity contribution is 7.20. The van der Waals surface area contributed by atoms with Gasteiger partial charge in [0.25, 0.3) is 0 Å². The average Bonchev–Trinajstić information content (AvgIpc) is 3.49. The summed E-state index contributed by atoms with van der Waals surface area (Å²) in [6.45, 7) is 0. The number of thiophene rings is 1. The first kappa shape index (κ1) is 19.1. The van der Waals surface area contributed by atoms with Crippen LogP contribution in [0.5, 0.6) is 11.5 Å². The number of aromatic amines is 1. The normalized spacial score (nSPS) is 10.7. The van der Waals surface area contributed by atoms with E-state index in [9.17, 15) is 4.79 Å². The molecule has 0 fully saturated rings. The van der Waals surface area contributed by atoms with Crippen LogP contribution in [0.4, 0.5) is 5.95 Å². The van der Waals surface area contributed by atoms with E-state index in [4.69, 9.17) is 9.47 Å². The number of nitrogens with zero attached hydrogens (tertiary/aromatic N) is 3. The zero-order chi connectivity index (χ0) is 20.2. The number of aromatic nitrogens is 4. The van der Waals surface area contributed by atoms with Crippen LogP contribution < -0.4 is 14.8 Å². The molecule has 4 aromatic rings. The van der Waals surface area contributed by atoms with Crippen molar-refractivity contribution in [3.63, 3.8) is 0 Å². The van der Waals surface area contributed by atoms with Crippen molar-refractivity contribution in [2.75, 3.05) is 19.5 Å². The summed E-state index contributed by atoms with van der Waals surface area (Å²) in [6.07, 6.45) is 0.150. The number of rotatable bonds is 7. The molecule has 8 nitrogen and oxygen atoms in total. The second-order valence-corrected chi connectivity index (χ2v) is 7.73. The fourth-order valence-electron chi connectivity index (χ4n) is 2.67. The van der Waals surface area contributed by atoms with Gasteiger partial charge in [-0.25, -0.2) is 4.98 Å². The van der Waals surface area contributed by atoms with Gasteiger partial charge in [-0.1, -0.05) is 6.07 Å². The molecule has 3 aromatic heterocycles. The van der Waals surface area contributed by atoms with E-state index in [1.807, 2.05) is 29.0 Å². The van der Waals surface area contributed by atoms with Crippen molar-refractivity contribution < 1.29 is 14.3 Å². The third-order valence-electron chi connectivity index (χ3n) is 4.03. The minimum absolute atomic E-state index is 0.150. The minimum Gasteiger partial charge on any atom is -0.497 e. The maximum Gasteiger partial charge on any atom is 0.249 e. The molecule has 0 bridgehead atoms. The Labute approximate surface area is 174 Å². The summed E-state index contributed by atoms with van der Waals surface area (Å²) in [5.74, 6) is 1.69. The first-order chi connectivity index (χ1) is 14.2. The number of nitrogens with one attached hydrogen (secondary N) is 2. The second kappa shape index (κ2) is 8.41. The summed E-state index contributed by atoms with van der Waals surface area (Å²) in [7, 11) is 3.15. The zero-order valence-electron chi connectivity index (χ0n) is 15.6. The number of ether oxygens (including phenoxy) is 2. The highest BCUT2D eigenvalue weighted by Gasteiger charge is 2.15. The summed E-state index contributed by atoms with van der Waals surface area (Å²) in [5.41, 5.74) is 1.42. The van der Waals surface area contributed by atoms with Crippen molar-refractivity contribution >= 4 is 34.5 Å². The Bertz CT molecular complexity index is 1120. The van der Waals surface area contributed by atoms with Crippen LogP contribution in [0.3, 0.4) is 0 Å². The lowest BCUT2D eigenvalue weighted by Crippen LogP contribution is -2.15. The predicted molar refractivity (Wildman–Crippen MR) is 113 cm³/mol. The molecule has 0 radical (unpaired) electrons. The van der Waals surface area contributed by atoms with E-state index in [1.54, 1.807) is 37.7 Å². The van der Waals surface area contributed by atoms with Gasteiger partial charge in [0.15, 0.2) is 5.82 Å². The Hall–Kier alpha value is -3.24. The first-order valence-corrected chi connectivity index (χ1v) is 10.3. The number of methoxy groups -OCH3 is 2. The molecule has 0 aliphatic heterocycles. The molecule has 0 atom stereocenters. The van der Waals surface area contributed by atoms with Crippen LogP contribution in [-0.4, -0.2) is 40.3 Å². The number of anilines is 1. The van der Waals surface area contributed by atoms with Crippen LogP contribution in [0.15, 0.2) is 41.1 Å². The highest BCUT2D eigenvalue weighted by atomic mass is 32.1. The molecule has 1 aromatic carbocycles. The molecule has 0 saturated heterocycles. The largest absolute Gasteiger partial charge is 0.497 e. The van der Waals surface area contributed by atoms with Crippen LogP contribution in [-0.2, 0) is 11.2 Å². The van der Waals surface area contributed by atoms with Gasteiger partial charge in [0, 0.05) is 11.4 Å². The van der Waals surface area contributed by atoms with Gasteiger partial charge in [-0.3, -0.25) is 15.2 Å². The van der Waals surface area contributed by atoms with Crippen LogP contribution in [0, 0.1) is 0 Å². The number of carbonyl (C=O) groups excluding carboxylic acids is 1. The molecule has 0 spiro atoms. The van der Waals surface area contributed by atoms with Crippen LogP contribution in [0.1, 0.15) is 5.69 Å². The topological polar surface area (TPSA) is 102 Å². The predicted octanol–water partition coefficient (Wildman–Crippen LogP) is 3.86. The Balaban J connectivity index is 1.43. The molecule has 148 valence electrons. The summed E-state index contributed by atoms with van der Waals surface area (Å²) < 4.78 is 10.6. The lowest BCUT2D eigenvalue weighted by molar-refractivity contribution is -0.115. The van der Waals surface area contributed by atoms with Crippen molar-refractivity contribution in [2.24, 2.45) is 0 Å². The molecular formula is C19H17N5O3S2. The van der Waals surface area contributed by atoms with Gasteiger partial charge in [0.1, 0.15) is 16.5 Å².